The molecule has 1 N–H and O–H groups in total. The first-order chi connectivity index (χ1) is 7.36. The summed E-state index contributed by atoms with van der Waals surface area (Å²) in [5, 5.41) is 3.46. The molecule has 0 spiro atoms. The molecule has 0 aliphatic carbocycles. The zero-order chi connectivity index (χ0) is 10.9. The fourth-order valence-corrected chi connectivity index (χ4v) is 2.39. The molecule has 1 aliphatic rings. The fourth-order valence-electron chi connectivity index (χ4n) is 2.39. The molecule has 0 radical (unpaired) electrons. The van der Waals surface area contributed by atoms with E-state index < -0.39 is 0 Å². The minimum absolute atomic E-state index is 0.913. The summed E-state index contributed by atoms with van der Waals surface area (Å²) in [7, 11) is 0. The molecule has 0 saturated carbocycles. The van der Waals surface area contributed by atoms with Gasteiger partial charge in [-0.3, -0.25) is 0 Å². The number of likely N-dealkylation sites (tertiary alicyclic amines) is 1. The third-order valence-electron chi connectivity index (χ3n) is 3.38. The normalized spacial score (nSPS) is 22.4. The molecule has 15 heavy (non-hydrogen) atoms. The molecule has 1 rings (SSSR count). The smallest absolute Gasteiger partial charge is 0.00223 e. The maximum atomic E-state index is 3.46. The molecule has 0 amide bonds. The van der Waals surface area contributed by atoms with Crippen LogP contribution in [0.5, 0.6) is 0 Å². The predicted octanol–water partition coefficient (Wildman–Crippen LogP) is 2.50. The SMILES string of the molecule is CCCCCCN1CCC(CNCC)C1. The molecule has 2 heteroatoms. The van der Waals surface area contributed by atoms with Crippen LogP contribution >= 0.6 is 0 Å². The highest BCUT2D eigenvalue weighted by Crippen LogP contribution is 2.16. The average Bonchev–Trinajstić information content (AvgIpc) is 2.69. The number of hydrogen-bond acceptors (Lipinski definition) is 2. The van der Waals surface area contributed by atoms with Crippen LogP contribution in [0.4, 0.5) is 0 Å². The van der Waals surface area contributed by atoms with Crippen LogP contribution in [0.2, 0.25) is 0 Å². The van der Waals surface area contributed by atoms with E-state index >= 15 is 0 Å². The molecular weight excluding hydrogens is 184 g/mol. The summed E-state index contributed by atoms with van der Waals surface area (Å²) >= 11 is 0. The third-order valence-corrected chi connectivity index (χ3v) is 3.38. The maximum Gasteiger partial charge on any atom is 0.00223 e. The van der Waals surface area contributed by atoms with Gasteiger partial charge in [-0.15, -0.1) is 0 Å². The van der Waals surface area contributed by atoms with Crippen LogP contribution in [0.1, 0.15) is 46.0 Å². The highest BCUT2D eigenvalue weighted by molar-refractivity contribution is 4.76. The molecule has 1 fully saturated rings. The summed E-state index contributed by atoms with van der Waals surface area (Å²) in [6, 6.07) is 0. The molecule has 0 aromatic heterocycles. The Labute approximate surface area is 95.4 Å². The van der Waals surface area contributed by atoms with Crippen LogP contribution in [0, 0.1) is 5.92 Å². The monoisotopic (exact) mass is 212 g/mol. The van der Waals surface area contributed by atoms with Gasteiger partial charge in [0.1, 0.15) is 0 Å². The van der Waals surface area contributed by atoms with Crippen molar-refractivity contribution in [1.29, 1.82) is 0 Å². The van der Waals surface area contributed by atoms with Gasteiger partial charge in [0, 0.05) is 6.54 Å². The van der Waals surface area contributed by atoms with Gasteiger partial charge < -0.3 is 10.2 Å². The summed E-state index contributed by atoms with van der Waals surface area (Å²) in [6.07, 6.45) is 6.99. The lowest BCUT2D eigenvalue weighted by Gasteiger charge is -2.15. The lowest BCUT2D eigenvalue weighted by Crippen LogP contribution is -2.26. The van der Waals surface area contributed by atoms with Gasteiger partial charge in [0.25, 0.3) is 0 Å². The average molecular weight is 212 g/mol. The second kappa shape index (κ2) is 8.12. The molecule has 2 nitrogen and oxygen atoms in total. The minimum Gasteiger partial charge on any atom is -0.317 e. The first-order valence-electron chi connectivity index (χ1n) is 6.79. The Morgan fingerprint density at radius 2 is 2.07 bits per heavy atom. The van der Waals surface area contributed by atoms with E-state index in [1.807, 2.05) is 0 Å². The van der Waals surface area contributed by atoms with E-state index in [1.165, 1.54) is 58.3 Å². The standard InChI is InChI=1S/C13H28N2/c1-3-5-6-7-9-15-10-8-13(12-15)11-14-4-2/h13-14H,3-12H2,1-2H3. The number of nitrogens with zero attached hydrogens (tertiary/aromatic N) is 1. The Hall–Kier alpha value is -0.0800. The predicted molar refractivity (Wildman–Crippen MR) is 67.2 cm³/mol. The van der Waals surface area contributed by atoms with Gasteiger partial charge >= 0.3 is 0 Å². The molecule has 0 aromatic rings. The van der Waals surface area contributed by atoms with Crippen LogP contribution < -0.4 is 5.32 Å². The molecule has 1 saturated heterocycles. The van der Waals surface area contributed by atoms with E-state index in [0.717, 1.165) is 12.5 Å². The van der Waals surface area contributed by atoms with Crippen LogP contribution in [0.3, 0.4) is 0 Å². The first-order valence-corrected chi connectivity index (χ1v) is 6.79. The van der Waals surface area contributed by atoms with Gasteiger partial charge in [0.2, 0.25) is 0 Å². The summed E-state index contributed by atoms with van der Waals surface area (Å²) < 4.78 is 0. The third kappa shape index (κ3) is 5.53. The van der Waals surface area contributed by atoms with E-state index in [0.29, 0.717) is 0 Å². The summed E-state index contributed by atoms with van der Waals surface area (Å²) in [6.45, 7) is 10.8. The molecular formula is C13H28N2. The number of unbranched alkanes of at least 4 members (excludes halogenated alkanes) is 3. The molecule has 90 valence electrons. The molecule has 1 heterocycles. The van der Waals surface area contributed by atoms with Gasteiger partial charge in [-0.1, -0.05) is 33.1 Å². The van der Waals surface area contributed by atoms with Crippen molar-refractivity contribution in [3.05, 3.63) is 0 Å². The van der Waals surface area contributed by atoms with Gasteiger partial charge in [-0.05, 0) is 44.9 Å². The van der Waals surface area contributed by atoms with Crippen LogP contribution in [-0.2, 0) is 0 Å². The van der Waals surface area contributed by atoms with Crippen molar-refractivity contribution >= 4 is 0 Å². The Balaban J connectivity index is 1.98. The van der Waals surface area contributed by atoms with Crippen molar-refractivity contribution in [1.82, 2.24) is 10.2 Å². The highest BCUT2D eigenvalue weighted by atomic mass is 15.1. The van der Waals surface area contributed by atoms with E-state index in [9.17, 15) is 0 Å². The van der Waals surface area contributed by atoms with Gasteiger partial charge in [-0.25, -0.2) is 0 Å². The van der Waals surface area contributed by atoms with Crippen molar-refractivity contribution in [3.8, 4) is 0 Å². The van der Waals surface area contributed by atoms with E-state index in [-0.39, 0.29) is 0 Å². The lowest BCUT2D eigenvalue weighted by atomic mass is 10.1. The lowest BCUT2D eigenvalue weighted by molar-refractivity contribution is 0.313. The molecule has 1 aliphatic heterocycles. The van der Waals surface area contributed by atoms with Crippen molar-refractivity contribution < 1.29 is 0 Å². The van der Waals surface area contributed by atoms with E-state index in [4.69, 9.17) is 0 Å². The molecule has 0 bridgehead atoms. The van der Waals surface area contributed by atoms with Crippen molar-refractivity contribution in [3.63, 3.8) is 0 Å². The quantitative estimate of drug-likeness (QED) is 0.622. The molecule has 0 aromatic carbocycles. The fraction of sp³-hybridized carbons (Fsp3) is 1.00. The molecule has 1 atom stereocenters. The molecule has 1 unspecified atom stereocenters. The summed E-state index contributed by atoms with van der Waals surface area (Å²) in [5.41, 5.74) is 0. The number of hydrogen-bond donors (Lipinski definition) is 1. The maximum absolute atomic E-state index is 3.46. The topological polar surface area (TPSA) is 15.3 Å². The second-order valence-corrected chi connectivity index (χ2v) is 4.82. The van der Waals surface area contributed by atoms with E-state index in [2.05, 4.69) is 24.1 Å². The van der Waals surface area contributed by atoms with Gasteiger partial charge in [-0.2, -0.15) is 0 Å². The first kappa shape index (κ1) is 13.0. The Morgan fingerprint density at radius 3 is 2.80 bits per heavy atom. The van der Waals surface area contributed by atoms with Crippen molar-refractivity contribution in [2.45, 2.75) is 46.0 Å². The number of rotatable bonds is 8. The van der Waals surface area contributed by atoms with Crippen LogP contribution in [0.25, 0.3) is 0 Å². The Bertz CT molecular complexity index is 147. The van der Waals surface area contributed by atoms with Crippen molar-refractivity contribution in [2.75, 3.05) is 32.7 Å². The van der Waals surface area contributed by atoms with Crippen LogP contribution in [-0.4, -0.2) is 37.6 Å². The van der Waals surface area contributed by atoms with Gasteiger partial charge in [0.05, 0.1) is 0 Å². The Morgan fingerprint density at radius 1 is 1.20 bits per heavy atom. The second-order valence-electron chi connectivity index (χ2n) is 4.82. The largest absolute Gasteiger partial charge is 0.317 e. The van der Waals surface area contributed by atoms with Gasteiger partial charge in [0.15, 0.2) is 0 Å². The minimum atomic E-state index is 0.913. The Kier molecular flexibility index (Phi) is 7.03. The van der Waals surface area contributed by atoms with Crippen LogP contribution in [0.15, 0.2) is 0 Å². The summed E-state index contributed by atoms with van der Waals surface area (Å²) in [4.78, 5) is 2.65. The number of nitrogens with one attached hydrogen (secondary N) is 1. The highest BCUT2D eigenvalue weighted by Gasteiger charge is 2.20. The zero-order valence-corrected chi connectivity index (χ0v) is 10.6. The summed E-state index contributed by atoms with van der Waals surface area (Å²) in [5.74, 6) is 0.913. The van der Waals surface area contributed by atoms with Crippen molar-refractivity contribution in [2.24, 2.45) is 5.92 Å². The zero-order valence-electron chi connectivity index (χ0n) is 10.6. The van der Waals surface area contributed by atoms with E-state index in [1.54, 1.807) is 0 Å².